The van der Waals surface area contributed by atoms with E-state index >= 15 is 0 Å². The Morgan fingerprint density at radius 2 is 2.03 bits per heavy atom. The number of aromatic nitrogens is 2. The predicted octanol–water partition coefficient (Wildman–Crippen LogP) is 3.83. The van der Waals surface area contributed by atoms with E-state index in [1.807, 2.05) is 31.2 Å². The minimum Gasteiger partial charge on any atom is -0.489 e. The number of benzene rings is 1. The Kier molecular flexibility index (Phi) is 7.37. The van der Waals surface area contributed by atoms with Gasteiger partial charge in [0.1, 0.15) is 16.9 Å². The van der Waals surface area contributed by atoms with Gasteiger partial charge >= 0.3 is 0 Å². The van der Waals surface area contributed by atoms with Crippen LogP contribution in [0.3, 0.4) is 0 Å². The molecule has 0 aliphatic carbocycles. The van der Waals surface area contributed by atoms with Crippen LogP contribution in [0, 0.1) is 0 Å². The SMILES string of the molecule is CCN(CC)c1ncc(Cl)c(N2CC[C@@H](Oc3ccc([C@H](C)NC(C)=O)cc3)C2)n1. The molecule has 1 fully saturated rings. The maximum Gasteiger partial charge on any atom is 0.227 e. The smallest absolute Gasteiger partial charge is 0.227 e. The molecule has 1 N–H and O–H groups in total. The monoisotopic (exact) mass is 431 g/mol. The van der Waals surface area contributed by atoms with E-state index in [-0.39, 0.29) is 18.1 Å². The Labute approximate surface area is 183 Å². The van der Waals surface area contributed by atoms with Gasteiger partial charge in [0.25, 0.3) is 0 Å². The number of ether oxygens (including phenoxy) is 1. The third-order valence-corrected chi connectivity index (χ3v) is 5.57. The quantitative estimate of drug-likeness (QED) is 0.684. The summed E-state index contributed by atoms with van der Waals surface area (Å²) in [6.45, 7) is 10.9. The van der Waals surface area contributed by atoms with Gasteiger partial charge in [-0.15, -0.1) is 0 Å². The molecule has 0 saturated carbocycles. The molecular weight excluding hydrogens is 402 g/mol. The average Bonchev–Trinajstić information content (AvgIpc) is 3.18. The summed E-state index contributed by atoms with van der Waals surface area (Å²) < 4.78 is 6.18. The second-order valence-electron chi connectivity index (χ2n) is 7.48. The van der Waals surface area contributed by atoms with Crippen LogP contribution in [0.15, 0.2) is 30.5 Å². The number of hydrogen-bond donors (Lipinski definition) is 1. The highest BCUT2D eigenvalue weighted by Gasteiger charge is 2.27. The zero-order valence-electron chi connectivity index (χ0n) is 18.1. The number of rotatable bonds is 8. The molecule has 0 bridgehead atoms. The van der Waals surface area contributed by atoms with Gasteiger partial charge in [-0.2, -0.15) is 4.98 Å². The number of halogens is 1. The summed E-state index contributed by atoms with van der Waals surface area (Å²) in [4.78, 5) is 24.6. The van der Waals surface area contributed by atoms with Crippen LogP contribution in [-0.4, -0.2) is 48.2 Å². The van der Waals surface area contributed by atoms with Gasteiger partial charge < -0.3 is 19.9 Å². The molecule has 2 heterocycles. The third kappa shape index (κ3) is 5.33. The third-order valence-electron chi connectivity index (χ3n) is 5.31. The van der Waals surface area contributed by atoms with Crippen molar-refractivity contribution in [3.8, 4) is 5.75 Å². The van der Waals surface area contributed by atoms with Crippen molar-refractivity contribution >= 4 is 29.3 Å². The van der Waals surface area contributed by atoms with Gasteiger partial charge in [-0.25, -0.2) is 4.98 Å². The molecule has 162 valence electrons. The molecule has 2 atom stereocenters. The van der Waals surface area contributed by atoms with Crippen molar-refractivity contribution < 1.29 is 9.53 Å². The van der Waals surface area contributed by atoms with Gasteiger partial charge in [0, 0.05) is 33.0 Å². The van der Waals surface area contributed by atoms with Gasteiger partial charge in [0.15, 0.2) is 5.82 Å². The van der Waals surface area contributed by atoms with Crippen LogP contribution in [0.2, 0.25) is 5.02 Å². The van der Waals surface area contributed by atoms with Crippen LogP contribution in [0.5, 0.6) is 5.75 Å². The molecule has 1 saturated heterocycles. The number of nitrogens with one attached hydrogen (secondary N) is 1. The highest BCUT2D eigenvalue weighted by atomic mass is 35.5. The summed E-state index contributed by atoms with van der Waals surface area (Å²) in [5, 5.41) is 3.45. The molecule has 1 amide bonds. The van der Waals surface area contributed by atoms with Gasteiger partial charge in [-0.05, 0) is 38.5 Å². The molecule has 30 heavy (non-hydrogen) atoms. The molecular formula is C22H30ClN5O2. The first kappa shape index (κ1) is 22.2. The minimum absolute atomic E-state index is 0.0292. The normalized spacial score (nSPS) is 17.0. The van der Waals surface area contributed by atoms with Gasteiger partial charge in [0.05, 0.1) is 18.8 Å². The summed E-state index contributed by atoms with van der Waals surface area (Å²) in [6.07, 6.45) is 2.64. The standard InChI is InChI=1S/C22H30ClN5O2/c1-5-27(6-2)22-24-13-20(23)21(26-22)28-12-11-19(14-28)30-18-9-7-17(8-10-18)15(3)25-16(4)29/h7-10,13,15,19H,5-6,11-12,14H2,1-4H3,(H,25,29)/t15-,19+/m0/s1. The Morgan fingerprint density at radius 1 is 1.33 bits per heavy atom. The molecule has 0 spiro atoms. The highest BCUT2D eigenvalue weighted by molar-refractivity contribution is 6.32. The van der Waals surface area contributed by atoms with Crippen molar-refractivity contribution in [1.82, 2.24) is 15.3 Å². The Morgan fingerprint density at radius 3 is 2.67 bits per heavy atom. The highest BCUT2D eigenvalue weighted by Crippen LogP contribution is 2.29. The second kappa shape index (κ2) is 9.98. The molecule has 0 unspecified atom stereocenters. The average molecular weight is 432 g/mol. The molecule has 7 nitrogen and oxygen atoms in total. The van der Waals surface area contributed by atoms with E-state index in [9.17, 15) is 4.79 Å². The number of hydrogen-bond acceptors (Lipinski definition) is 6. The van der Waals surface area contributed by atoms with Crippen molar-refractivity contribution in [2.75, 3.05) is 36.0 Å². The lowest BCUT2D eigenvalue weighted by molar-refractivity contribution is -0.119. The van der Waals surface area contributed by atoms with E-state index in [1.54, 1.807) is 6.20 Å². The van der Waals surface area contributed by atoms with Crippen LogP contribution < -0.4 is 19.9 Å². The van der Waals surface area contributed by atoms with Crippen molar-refractivity contribution in [3.63, 3.8) is 0 Å². The first-order chi connectivity index (χ1) is 14.4. The zero-order valence-corrected chi connectivity index (χ0v) is 18.8. The molecule has 2 aromatic rings. The fourth-order valence-corrected chi connectivity index (χ4v) is 3.87. The predicted molar refractivity (Wildman–Crippen MR) is 121 cm³/mol. The van der Waals surface area contributed by atoms with Crippen molar-refractivity contribution in [2.24, 2.45) is 0 Å². The number of anilines is 2. The maximum atomic E-state index is 11.2. The van der Waals surface area contributed by atoms with Gasteiger partial charge in [-0.1, -0.05) is 23.7 Å². The molecule has 1 aromatic heterocycles. The van der Waals surface area contributed by atoms with E-state index in [2.05, 4.69) is 33.9 Å². The topological polar surface area (TPSA) is 70.6 Å². The van der Waals surface area contributed by atoms with Crippen LogP contribution in [0.25, 0.3) is 0 Å². The summed E-state index contributed by atoms with van der Waals surface area (Å²) in [7, 11) is 0. The second-order valence-corrected chi connectivity index (χ2v) is 7.89. The Balaban J connectivity index is 1.63. The van der Waals surface area contributed by atoms with Gasteiger partial charge in [-0.3, -0.25) is 4.79 Å². The largest absolute Gasteiger partial charge is 0.489 e. The number of carbonyl (C=O) groups excluding carboxylic acids is 1. The lowest BCUT2D eigenvalue weighted by Gasteiger charge is -2.23. The fraction of sp³-hybridized carbons (Fsp3) is 0.500. The zero-order chi connectivity index (χ0) is 21.7. The van der Waals surface area contributed by atoms with Crippen molar-refractivity contribution in [2.45, 2.75) is 46.3 Å². The van der Waals surface area contributed by atoms with Crippen LogP contribution >= 0.6 is 11.6 Å². The molecule has 8 heteroatoms. The van der Waals surface area contributed by atoms with E-state index < -0.39 is 0 Å². The summed E-state index contributed by atoms with van der Waals surface area (Å²) >= 11 is 6.40. The van der Waals surface area contributed by atoms with Crippen molar-refractivity contribution in [3.05, 3.63) is 41.0 Å². The van der Waals surface area contributed by atoms with Crippen LogP contribution in [0.4, 0.5) is 11.8 Å². The molecule has 1 aromatic carbocycles. The van der Waals surface area contributed by atoms with E-state index in [0.29, 0.717) is 11.0 Å². The van der Waals surface area contributed by atoms with E-state index in [4.69, 9.17) is 21.3 Å². The van der Waals surface area contributed by atoms with Crippen LogP contribution in [-0.2, 0) is 4.79 Å². The maximum absolute atomic E-state index is 11.2. The first-order valence-electron chi connectivity index (χ1n) is 10.5. The Bertz CT molecular complexity index is 857. The lowest BCUT2D eigenvalue weighted by atomic mass is 10.1. The summed E-state index contributed by atoms with van der Waals surface area (Å²) in [5.74, 6) is 2.24. The number of carbonyl (C=O) groups is 1. The van der Waals surface area contributed by atoms with Crippen LogP contribution in [0.1, 0.15) is 45.7 Å². The molecule has 3 rings (SSSR count). The molecule has 1 aliphatic heterocycles. The molecule has 1 aliphatic rings. The number of nitrogens with zero attached hydrogens (tertiary/aromatic N) is 4. The van der Waals surface area contributed by atoms with Crippen molar-refractivity contribution in [1.29, 1.82) is 0 Å². The van der Waals surface area contributed by atoms with E-state index in [0.717, 1.165) is 49.7 Å². The van der Waals surface area contributed by atoms with Gasteiger partial charge in [0.2, 0.25) is 11.9 Å². The molecule has 0 radical (unpaired) electrons. The Hall–Kier alpha value is -2.54. The summed E-state index contributed by atoms with van der Waals surface area (Å²) in [6, 6.07) is 7.85. The fourth-order valence-electron chi connectivity index (χ4n) is 3.66. The first-order valence-corrected chi connectivity index (χ1v) is 10.8. The number of amides is 1. The minimum atomic E-state index is -0.0404. The lowest BCUT2D eigenvalue weighted by Crippen LogP contribution is -2.28. The summed E-state index contributed by atoms with van der Waals surface area (Å²) in [5.41, 5.74) is 1.04. The van der Waals surface area contributed by atoms with E-state index in [1.165, 1.54) is 6.92 Å².